The number of aliphatic hydroxyl groups is 1. The monoisotopic (exact) mass is 465 g/mol. The fraction of sp³-hybridized carbons (Fsp3) is 0.500. The molecule has 0 saturated heterocycles. The first-order valence-electron chi connectivity index (χ1n) is 10.5. The summed E-state index contributed by atoms with van der Waals surface area (Å²) < 4.78 is 24.0. The lowest BCUT2D eigenvalue weighted by atomic mass is 9.60. The zero-order valence-corrected chi connectivity index (χ0v) is 18.4. The average molecular weight is 466 g/mol. The summed E-state index contributed by atoms with van der Waals surface area (Å²) in [6.07, 6.45) is 1.94. The Morgan fingerprint density at radius 2 is 2.00 bits per heavy atom. The van der Waals surface area contributed by atoms with E-state index in [1.165, 1.54) is 12.1 Å². The van der Waals surface area contributed by atoms with E-state index in [2.05, 4.69) is 15.8 Å². The number of carbonyl (C=O) groups excluding carboxylic acids is 2. The van der Waals surface area contributed by atoms with E-state index in [0.717, 1.165) is 6.07 Å². The number of rotatable bonds is 7. The van der Waals surface area contributed by atoms with Crippen LogP contribution in [0.5, 0.6) is 5.75 Å². The normalized spacial score (nSPS) is 26.6. The number of benzene rings is 1. The van der Waals surface area contributed by atoms with E-state index in [4.69, 9.17) is 20.9 Å². The van der Waals surface area contributed by atoms with E-state index < -0.39 is 28.9 Å². The van der Waals surface area contributed by atoms with Crippen molar-refractivity contribution in [3.63, 3.8) is 0 Å². The van der Waals surface area contributed by atoms with Crippen LogP contribution in [0.1, 0.15) is 43.6 Å². The van der Waals surface area contributed by atoms with Crippen LogP contribution < -0.4 is 15.4 Å². The number of hydrogen-bond donors (Lipinski definition) is 3. The minimum absolute atomic E-state index is 0.0280. The Labute approximate surface area is 189 Å². The van der Waals surface area contributed by atoms with Gasteiger partial charge in [-0.2, -0.15) is 0 Å². The number of aliphatic hydroxyl groups excluding tert-OH is 1. The number of hydrogen-bond acceptors (Lipinski definition) is 6. The molecule has 10 heteroatoms. The molecule has 32 heavy (non-hydrogen) atoms. The molecule has 172 valence electrons. The van der Waals surface area contributed by atoms with Crippen molar-refractivity contribution >= 4 is 23.4 Å². The predicted molar refractivity (Wildman–Crippen MR) is 113 cm³/mol. The molecule has 0 radical (unpaired) electrons. The van der Waals surface area contributed by atoms with Crippen molar-refractivity contribution in [3.8, 4) is 5.75 Å². The molecule has 8 nitrogen and oxygen atoms in total. The summed E-state index contributed by atoms with van der Waals surface area (Å²) in [6, 6.07) is 5.66. The van der Waals surface area contributed by atoms with Crippen LogP contribution in [0.15, 0.2) is 28.8 Å². The highest BCUT2D eigenvalue weighted by Crippen LogP contribution is 2.47. The summed E-state index contributed by atoms with van der Waals surface area (Å²) in [7, 11) is 0. The summed E-state index contributed by atoms with van der Waals surface area (Å²) >= 11 is 5.64. The lowest BCUT2D eigenvalue weighted by Crippen LogP contribution is -2.70. The largest absolute Gasteiger partial charge is 0.484 e. The Bertz CT molecular complexity index is 1020. The second-order valence-corrected chi connectivity index (χ2v) is 9.14. The first-order chi connectivity index (χ1) is 15.2. The van der Waals surface area contributed by atoms with Gasteiger partial charge in [0.1, 0.15) is 17.3 Å². The molecule has 1 aromatic heterocycles. The van der Waals surface area contributed by atoms with Crippen molar-refractivity contribution in [2.24, 2.45) is 0 Å². The van der Waals surface area contributed by atoms with Crippen LogP contribution in [0.25, 0.3) is 0 Å². The van der Waals surface area contributed by atoms with Gasteiger partial charge in [0, 0.05) is 17.7 Å². The predicted octanol–water partition coefficient (Wildman–Crippen LogP) is 2.45. The molecule has 1 unspecified atom stereocenters. The number of carbonyl (C=O) groups is 2. The smallest absolute Gasteiger partial charge is 0.258 e. The van der Waals surface area contributed by atoms with Crippen LogP contribution in [0.4, 0.5) is 4.39 Å². The van der Waals surface area contributed by atoms with Crippen LogP contribution in [0.2, 0.25) is 5.02 Å². The van der Waals surface area contributed by atoms with E-state index in [0.29, 0.717) is 43.6 Å². The number of nitrogens with zero attached hydrogens (tertiary/aromatic N) is 1. The molecular formula is C22H25ClFN3O5. The van der Waals surface area contributed by atoms with Crippen molar-refractivity contribution in [2.45, 2.75) is 62.6 Å². The van der Waals surface area contributed by atoms with Gasteiger partial charge in [-0.1, -0.05) is 16.8 Å². The summed E-state index contributed by atoms with van der Waals surface area (Å²) in [6.45, 7) is 1.48. The van der Waals surface area contributed by atoms with Gasteiger partial charge in [0.05, 0.1) is 28.8 Å². The Morgan fingerprint density at radius 3 is 2.62 bits per heavy atom. The van der Waals surface area contributed by atoms with Crippen molar-refractivity contribution in [2.75, 3.05) is 6.61 Å². The fourth-order valence-electron chi connectivity index (χ4n) is 4.69. The van der Waals surface area contributed by atoms with Crippen LogP contribution in [0, 0.1) is 12.7 Å². The van der Waals surface area contributed by atoms with Crippen molar-refractivity contribution < 1.29 is 28.3 Å². The van der Waals surface area contributed by atoms with Crippen molar-refractivity contribution in [1.29, 1.82) is 0 Å². The Hall–Kier alpha value is -2.65. The standard InChI is InChI=1S/C22H25ClFN3O5/c1-13-8-15(32-27-13)10-19(29)25-21-4-6-22(7-5-21,18(28)11-21)26-20(30)12-31-14-2-3-16(23)17(24)9-14/h2-3,8-9,18,28H,4-7,10-12H2,1H3,(H,25,29)(H,26,30). The zero-order valence-electron chi connectivity index (χ0n) is 17.6. The van der Waals surface area contributed by atoms with Gasteiger partial charge < -0.3 is 25.0 Å². The second-order valence-electron chi connectivity index (χ2n) is 8.73. The molecule has 1 atom stereocenters. The molecule has 0 aliphatic heterocycles. The number of halogens is 2. The number of ether oxygens (including phenoxy) is 1. The van der Waals surface area contributed by atoms with Gasteiger partial charge in [-0.3, -0.25) is 9.59 Å². The van der Waals surface area contributed by atoms with E-state index in [-0.39, 0.29) is 29.7 Å². The molecule has 3 fully saturated rings. The van der Waals surface area contributed by atoms with Gasteiger partial charge in [-0.05, 0) is 51.2 Å². The molecule has 1 heterocycles. The molecule has 3 N–H and O–H groups in total. The Morgan fingerprint density at radius 1 is 1.25 bits per heavy atom. The first-order valence-corrected chi connectivity index (χ1v) is 10.9. The average Bonchev–Trinajstić information content (AvgIpc) is 3.14. The third-order valence-corrected chi connectivity index (χ3v) is 6.69. The minimum Gasteiger partial charge on any atom is -0.484 e. The molecule has 0 spiro atoms. The maximum absolute atomic E-state index is 13.5. The van der Waals surface area contributed by atoms with E-state index in [9.17, 15) is 19.1 Å². The molecule has 1 aromatic carbocycles. The number of fused-ring (bicyclic) bond motifs is 3. The Balaban J connectivity index is 1.31. The Kier molecular flexibility index (Phi) is 6.13. The third kappa shape index (κ3) is 4.73. The molecule has 2 aromatic rings. The van der Waals surface area contributed by atoms with Gasteiger partial charge in [0.15, 0.2) is 6.61 Å². The second kappa shape index (κ2) is 8.71. The topological polar surface area (TPSA) is 114 Å². The first kappa shape index (κ1) is 22.5. The maximum atomic E-state index is 13.5. The van der Waals surface area contributed by atoms with Crippen LogP contribution >= 0.6 is 11.6 Å². The molecule has 5 rings (SSSR count). The lowest BCUT2D eigenvalue weighted by molar-refractivity contribution is -0.136. The van der Waals surface area contributed by atoms with E-state index >= 15 is 0 Å². The number of nitrogens with one attached hydrogen (secondary N) is 2. The van der Waals surface area contributed by atoms with Crippen LogP contribution in [-0.4, -0.2) is 45.9 Å². The molecule has 2 bridgehead atoms. The molecule has 2 amide bonds. The highest BCUT2D eigenvalue weighted by Gasteiger charge is 2.55. The number of aromatic nitrogens is 1. The van der Waals surface area contributed by atoms with Gasteiger partial charge in [-0.25, -0.2) is 4.39 Å². The molecule has 3 saturated carbocycles. The lowest BCUT2D eigenvalue weighted by Gasteiger charge is -2.56. The van der Waals surface area contributed by atoms with Gasteiger partial charge in [0.2, 0.25) is 5.91 Å². The van der Waals surface area contributed by atoms with E-state index in [1.54, 1.807) is 13.0 Å². The van der Waals surface area contributed by atoms with Gasteiger partial charge in [-0.15, -0.1) is 0 Å². The van der Waals surface area contributed by atoms with Crippen molar-refractivity contribution in [1.82, 2.24) is 15.8 Å². The highest BCUT2D eigenvalue weighted by atomic mass is 35.5. The number of aryl methyl sites for hydroxylation is 1. The summed E-state index contributed by atoms with van der Waals surface area (Å²) in [5, 5.41) is 20.6. The zero-order chi connectivity index (χ0) is 22.9. The molecular weight excluding hydrogens is 441 g/mol. The van der Waals surface area contributed by atoms with Crippen LogP contribution in [0.3, 0.4) is 0 Å². The quantitative estimate of drug-likeness (QED) is 0.578. The summed E-state index contributed by atoms with van der Waals surface area (Å²) in [5.74, 6) is -0.536. The molecule has 3 aliphatic carbocycles. The molecule has 3 aliphatic rings. The number of amides is 2. The minimum atomic E-state index is -0.810. The van der Waals surface area contributed by atoms with Gasteiger partial charge >= 0.3 is 0 Å². The summed E-state index contributed by atoms with van der Waals surface area (Å²) in [4.78, 5) is 25.0. The SMILES string of the molecule is Cc1cc(CC(=O)NC23CCC(NC(=O)COc4ccc(Cl)c(F)c4)(CC2)C(O)C3)on1. The van der Waals surface area contributed by atoms with Crippen LogP contribution in [-0.2, 0) is 16.0 Å². The third-order valence-electron chi connectivity index (χ3n) is 6.39. The fourth-order valence-corrected chi connectivity index (χ4v) is 4.81. The maximum Gasteiger partial charge on any atom is 0.258 e. The van der Waals surface area contributed by atoms with E-state index in [1.807, 2.05) is 0 Å². The highest BCUT2D eigenvalue weighted by molar-refractivity contribution is 6.30. The van der Waals surface area contributed by atoms with Gasteiger partial charge in [0.25, 0.3) is 5.91 Å². The van der Waals surface area contributed by atoms with Crippen molar-refractivity contribution in [3.05, 3.63) is 46.6 Å². The summed E-state index contributed by atoms with van der Waals surface area (Å²) in [5.41, 5.74) is -0.558.